The highest BCUT2D eigenvalue weighted by Gasteiger charge is 2.14. The van der Waals surface area contributed by atoms with Gasteiger partial charge in [-0.1, -0.05) is 96.1 Å². The monoisotopic (exact) mass is 482 g/mol. The Morgan fingerprint density at radius 1 is 0.378 bits per heavy atom. The maximum Gasteiger partial charge on any atom is 0.0411 e. The Balaban J connectivity index is 1.40. The molecule has 0 aliphatic rings. The molecule has 37 heavy (non-hydrogen) atoms. The molecule has 184 valence electrons. The van der Waals surface area contributed by atoms with Crippen molar-refractivity contribution in [3.05, 3.63) is 156 Å². The summed E-state index contributed by atoms with van der Waals surface area (Å²) in [5.74, 6) is 0. The van der Waals surface area contributed by atoms with Crippen molar-refractivity contribution in [3.8, 4) is 0 Å². The number of aryl methyl sites for hydroxylation is 2. The SMILES string of the molecule is Cc1ccc(Cc2ccc(N(CCN(c3ccccc3)c3ccc(C)cc3)c3ccccc3)cc2)cc1. The largest absolute Gasteiger partial charge is 0.340 e. The molecule has 0 bridgehead atoms. The summed E-state index contributed by atoms with van der Waals surface area (Å²) < 4.78 is 0. The van der Waals surface area contributed by atoms with Crippen LogP contribution in [0.25, 0.3) is 0 Å². The topological polar surface area (TPSA) is 6.48 Å². The molecule has 0 radical (unpaired) electrons. The first-order chi connectivity index (χ1) is 18.2. The third-order valence-corrected chi connectivity index (χ3v) is 6.81. The van der Waals surface area contributed by atoms with Gasteiger partial charge in [0.1, 0.15) is 0 Å². The van der Waals surface area contributed by atoms with Crippen LogP contribution in [0.5, 0.6) is 0 Å². The zero-order valence-electron chi connectivity index (χ0n) is 21.7. The summed E-state index contributed by atoms with van der Waals surface area (Å²) in [4.78, 5) is 4.82. The normalized spacial score (nSPS) is 10.8. The minimum absolute atomic E-state index is 0.851. The number of para-hydroxylation sites is 2. The Bertz CT molecular complexity index is 1370. The lowest BCUT2D eigenvalue weighted by Crippen LogP contribution is -2.30. The molecule has 0 atom stereocenters. The highest BCUT2D eigenvalue weighted by atomic mass is 15.2. The lowest BCUT2D eigenvalue weighted by molar-refractivity contribution is 0.885. The average molecular weight is 483 g/mol. The van der Waals surface area contributed by atoms with Gasteiger partial charge in [0.15, 0.2) is 0 Å². The highest BCUT2D eigenvalue weighted by molar-refractivity contribution is 5.66. The van der Waals surface area contributed by atoms with Gasteiger partial charge in [-0.2, -0.15) is 0 Å². The van der Waals surface area contributed by atoms with E-state index < -0.39 is 0 Å². The van der Waals surface area contributed by atoms with Crippen LogP contribution in [-0.2, 0) is 6.42 Å². The quantitative estimate of drug-likeness (QED) is 0.207. The lowest BCUT2D eigenvalue weighted by atomic mass is 10.0. The van der Waals surface area contributed by atoms with E-state index in [9.17, 15) is 0 Å². The van der Waals surface area contributed by atoms with E-state index in [1.165, 1.54) is 45.0 Å². The van der Waals surface area contributed by atoms with Gasteiger partial charge >= 0.3 is 0 Å². The molecule has 0 aliphatic heterocycles. The number of hydrogen-bond donors (Lipinski definition) is 0. The van der Waals surface area contributed by atoms with Crippen LogP contribution in [0, 0.1) is 13.8 Å². The molecule has 0 saturated heterocycles. The molecule has 5 aromatic carbocycles. The van der Waals surface area contributed by atoms with Gasteiger partial charge in [0.05, 0.1) is 0 Å². The van der Waals surface area contributed by atoms with Crippen molar-refractivity contribution in [1.82, 2.24) is 0 Å². The van der Waals surface area contributed by atoms with Crippen LogP contribution >= 0.6 is 0 Å². The lowest BCUT2D eigenvalue weighted by Gasteiger charge is -2.31. The molecular weight excluding hydrogens is 448 g/mol. The van der Waals surface area contributed by atoms with Crippen molar-refractivity contribution in [2.75, 3.05) is 22.9 Å². The van der Waals surface area contributed by atoms with Crippen molar-refractivity contribution in [3.63, 3.8) is 0 Å². The molecule has 0 spiro atoms. The predicted molar refractivity (Wildman–Crippen MR) is 159 cm³/mol. The Morgan fingerprint density at radius 2 is 0.703 bits per heavy atom. The van der Waals surface area contributed by atoms with E-state index in [2.05, 4.69) is 157 Å². The maximum absolute atomic E-state index is 2.42. The van der Waals surface area contributed by atoms with E-state index in [0.717, 1.165) is 19.5 Å². The minimum atomic E-state index is 0.851. The van der Waals surface area contributed by atoms with E-state index in [1.807, 2.05) is 0 Å². The van der Waals surface area contributed by atoms with Gasteiger partial charge in [0.2, 0.25) is 0 Å². The van der Waals surface area contributed by atoms with Crippen molar-refractivity contribution in [1.29, 1.82) is 0 Å². The first-order valence-electron chi connectivity index (χ1n) is 13.0. The Hall–Kier alpha value is -4.30. The van der Waals surface area contributed by atoms with Crippen LogP contribution in [0.2, 0.25) is 0 Å². The minimum Gasteiger partial charge on any atom is -0.340 e. The van der Waals surface area contributed by atoms with Crippen LogP contribution in [0.15, 0.2) is 133 Å². The van der Waals surface area contributed by atoms with E-state index in [1.54, 1.807) is 0 Å². The van der Waals surface area contributed by atoms with Gasteiger partial charge in [-0.05, 0) is 79.9 Å². The molecule has 0 heterocycles. The number of benzene rings is 5. The molecule has 2 nitrogen and oxygen atoms in total. The van der Waals surface area contributed by atoms with Crippen LogP contribution in [0.3, 0.4) is 0 Å². The Kier molecular flexibility index (Phi) is 7.66. The molecule has 0 fully saturated rings. The fourth-order valence-corrected chi connectivity index (χ4v) is 4.69. The van der Waals surface area contributed by atoms with Gasteiger partial charge in [-0.15, -0.1) is 0 Å². The van der Waals surface area contributed by atoms with E-state index in [0.29, 0.717) is 0 Å². The summed E-state index contributed by atoms with van der Waals surface area (Å²) in [5.41, 5.74) is 10.1. The van der Waals surface area contributed by atoms with Gasteiger partial charge in [0, 0.05) is 35.8 Å². The first kappa shape index (κ1) is 24.4. The van der Waals surface area contributed by atoms with E-state index >= 15 is 0 Å². The van der Waals surface area contributed by atoms with Crippen molar-refractivity contribution in [2.24, 2.45) is 0 Å². The van der Waals surface area contributed by atoms with Gasteiger partial charge in [-0.25, -0.2) is 0 Å². The van der Waals surface area contributed by atoms with E-state index in [4.69, 9.17) is 0 Å². The molecule has 0 amide bonds. The average Bonchev–Trinajstić information content (AvgIpc) is 2.95. The molecule has 0 aromatic heterocycles. The van der Waals surface area contributed by atoms with Crippen molar-refractivity contribution < 1.29 is 0 Å². The first-order valence-corrected chi connectivity index (χ1v) is 13.0. The second-order valence-corrected chi connectivity index (χ2v) is 9.64. The maximum atomic E-state index is 2.42. The number of anilines is 4. The van der Waals surface area contributed by atoms with Crippen LogP contribution in [0.1, 0.15) is 22.3 Å². The van der Waals surface area contributed by atoms with Gasteiger partial charge in [-0.3, -0.25) is 0 Å². The molecular formula is C35H34N2. The number of rotatable bonds is 9. The molecule has 0 saturated carbocycles. The van der Waals surface area contributed by atoms with Crippen molar-refractivity contribution >= 4 is 22.7 Å². The van der Waals surface area contributed by atoms with Crippen LogP contribution < -0.4 is 9.80 Å². The standard InChI is InChI=1S/C35H34N2/c1-28-13-17-30(18-14-28)27-31-19-23-35(24-20-31)37(33-11-7-4-8-12-33)26-25-36(32-9-5-3-6-10-32)34-21-15-29(2)16-22-34/h3-24H,25-27H2,1-2H3. The fraction of sp³-hybridized carbons (Fsp3) is 0.143. The highest BCUT2D eigenvalue weighted by Crippen LogP contribution is 2.29. The second kappa shape index (κ2) is 11.6. The van der Waals surface area contributed by atoms with Gasteiger partial charge < -0.3 is 9.80 Å². The molecule has 5 rings (SSSR count). The van der Waals surface area contributed by atoms with Crippen LogP contribution in [-0.4, -0.2) is 13.1 Å². The van der Waals surface area contributed by atoms with E-state index in [-0.39, 0.29) is 0 Å². The zero-order chi connectivity index (χ0) is 25.5. The number of nitrogens with zero attached hydrogens (tertiary/aromatic N) is 2. The van der Waals surface area contributed by atoms with Gasteiger partial charge in [0.25, 0.3) is 0 Å². The summed E-state index contributed by atoms with van der Waals surface area (Å²) in [6, 6.07) is 48.0. The molecule has 2 heteroatoms. The summed E-state index contributed by atoms with van der Waals surface area (Å²) in [7, 11) is 0. The molecule has 0 aliphatic carbocycles. The Labute approximate surface area is 221 Å². The fourth-order valence-electron chi connectivity index (χ4n) is 4.69. The summed E-state index contributed by atoms with van der Waals surface area (Å²) in [6.07, 6.45) is 0.946. The smallest absolute Gasteiger partial charge is 0.0411 e. The third-order valence-electron chi connectivity index (χ3n) is 6.81. The summed E-state index contributed by atoms with van der Waals surface area (Å²) in [5, 5.41) is 0. The molecule has 5 aromatic rings. The summed E-state index contributed by atoms with van der Waals surface area (Å²) in [6.45, 7) is 5.97. The number of hydrogen-bond acceptors (Lipinski definition) is 2. The third kappa shape index (κ3) is 6.29. The predicted octanol–water partition coefficient (Wildman–Crippen LogP) is 8.87. The summed E-state index contributed by atoms with van der Waals surface area (Å²) >= 11 is 0. The van der Waals surface area contributed by atoms with Crippen LogP contribution in [0.4, 0.5) is 22.7 Å². The molecule has 0 N–H and O–H groups in total. The Morgan fingerprint density at radius 3 is 1.14 bits per heavy atom. The zero-order valence-corrected chi connectivity index (χ0v) is 21.7. The second-order valence-electron chi connectivity index (χ2n) is 9.64. The van der Waals surface area contributed by atoms with Crippen molar-refractivity contribution in [2.45, 2.75) is 20.3 Å². The molecule has 0 unspecified atom stereocenters.